The number of hydrogen-bond donors (Lipinski definition) is 0. The summed E-state index contributed by atoms with van der Waals surface area (Å²) in [5.74, 6) is 1.54. The molecule has 1 aliphatic heterocycles. The first kappa shape index (κ1) is 12.6. The molecule has 1 unspecified atom stereocenters. The molecule has 1 aromatic heterocycles. The van der Waals surface area contributed by atoms with Gasteiger partial charge in [-0.15, -0.1) is 11.3 Å². The summed E-state index contributed by atoms with van der Waals surface area (Å²) in [6, 6.07) is 2.30. The van der Waals surface area contributed by atoms with Crippen LogP contribution in [0.4, 0.5) is 0 Å². The standard InChI is InChI=1S/C13H20BrNS/c1-10(2)12(7-14)9-15-5-3-13-11(8-15)4-6-16-13/h4,6,10,12H,3,5,7-9H2,1-2H3. The molecule has 1 aromatic rings. The summed E-state index contributed by atoms with van der Waals surface area (Å²) in [5, 5.41) is 3.36. The van der Waals surface area contributed by atoms with Crippen molar-refractivity contribution < 1.29 is 0 Å². The molecule has 0 amide bonds. The van der Waals surface area contributed by atoms with E-state index in [1.807, 2.05) is 11.3 Å². The van der Waals surface area contributed by atoms with Crippen molar-refractivity contribution in [1.82, 2.24) is 4.90 Å². The average Bonchev–Trinajstić information content (AvgIpc) is 2.72. The average molecular weight is 302 g/mol. The maximum absolute atomic E-state index is 3.64. The third-order valence-corrected chi connectivity index (χ3v) is 5.38. The van der Waals surface area contributed by atoms with Gasteiger partial charge in [-0.1, -0.05) is 29.8 Å². The molecule has 0 bridgehead atoms. The quantitative estimate of drug-likeness (QED) is 0.765. The van der Waals surface area contributed by atoms with E-state index in [4.69, 9.17) is 0 Å². The third-order valence-electron chi connectivity index (χ3n) is 3.52. The zero-order valence-corrected chi connectivity index (χ0v) is 12.5. The second-order valence-corrected chi connectivity index (χ2v) is 6.66. The van der Waals surface area contributed by atoms with Gasteiger partial charge in [0, 0.05) is 29.8 Å². The number of nitrogens with zero attached hydrogens (tertiary/aromatic N) is 1. The van der Waals surface area contributed by atoms with E-state index in [1.165, 1.54) is 19.5 Å². The highest BCUT2D eigenvalue weighted by Crippen LogP contribution is 2.25. The van der Waals surface area contributed by atoms with Crippen molar-refractivity contribution in [2.75, 3.05) is 18.4 Å². The predicted molar refractivity (Wildman–Crippen MR) is 75.4 cm³/mol. The van der Waals surface area contributed by atoms with Gasteiger partial charge in [0.25, 0.3) is 0 Å². The molecule has 0 radical (unpaired) electrons. The van der Waals surface area contributed by atoms with Crippen LogP contribution >= 0.6 is 27.3 Å². The third kappa shape index (κ3) is 2.88. The van der Waals surface area contributed by atoms with Gasteiger partial charge in [0.1, 0.15) is 0 Å². The van der Waals surface area contributed by atoms with Gasteiger partial charge in [0.05, 0.1) is 0 Å². The van der Waals surface area contributed by atoms with Crippen LogP contribution in [0.1, 0.15) is 24.3 Å². The summed E-state index contributed by atoms with van der Waals surface area (Å²) >= 11 is 5.57. The van der Waals surface area contributed by atoms with Crippen LogP contribution in [0.3, 0.4) is 0 Å². The minimum atomic E-state index is 0.767. The van der Waals surface area contributed by atoms with E-state index in [-0.39, 0.29) is 0 Å². The first-order chi connectivity index (χ1) is 7.70. The normalized spacial score (nSPS) is 18.8. The minimum absolute atomic E-state index is 0.767. The lowest BCUT2D eigenvalue weighted by Gasteiger charge is -2.31. The van der Waals surface area contributed by atoms with Crippen LogP contribution in [-0.4, -0.2) is 23.3 Å². The molecule has 0 spiro atoms. The lowest BCUT2D eigenvalue weighted by molar-refractivity contribution is 0.200. The molecule has 2 rings (SSSR count). The van der Waals surface area contributed by atoms with Crippen molar-refractivity contribution in [3.05, 3.63) is 21.9 Å². The topological polar surface area (TPSA) is 3.24 Å². The summed E-state index contributed by atoms with van der Waals surface area (Å²) in [5.41, 5.74) is 1.56. The SMILES string of the molecule is CC(C)C(CBr)CN1CCc2sccc2C1. The zero-order chi connectivity index (χ0) is 11.5. The van der Waals surface area contributed by atoms with E-state index in [1.54, 1.807) is 10.4 Å². The predicted octanol–water partition coefficient (Wildman–Crippen LogP) is 3.77. The Morgan fingerprint density at radius 3 is 3.00 bits per heavy atom. The number of hydrogen-bond acceptors (Lipinski definition) is 2. The Kier molecular flexibility index (Phi) is 4.45. The summed E-state index contributed by atoms with van der Waals surface area (Å²) in [4.78, 5) is 4.22. The number of halogens is 1. The van der Waals surface area contributed by atoms with Gasteiger partial charge in [-0.2, -0.15) is 0 Å². The molecule has 2 heterocycles. The van der Waals surface area contributed by atoms with Crippen LogP contribution in [0, 0.1) is 11.8 Å². The fourth-order valence-electron chi connectivity index (χ4n) is 2.23. The lowest BCUT2D eigenvalue weighted by atomic mass is 9.96. The van der Waals surface area contributed by atoms with E-state index in [0.29, 0.717) is 0 Å². The van der Waals surface area contributed by atoms with Gasteiger partial charge < -0.3 is 0 Å². The Morgan fingerprint density at radius 2 is 2.31 bits per heavy atom. The van der Waals surface area contributed by atoms with Crippen molar-refractivity contribution in [3.63, 3.8) is 0 Å². The van der Waals surface area contributed by atoms with Crippen LogP contribution < -0.4 is 0 Å². The second-order valence-electron chi connectivity index (χ2n) is 5.01. The van der Waals surface area contributed by atoms with Gasteiger partial charge in [-0.25, -0.2) is 0 Å². The van der Waals surface area contributed by atoms with Gasteiger partial charge in [0.2, 0.25) is 0 Å². The van der Waals surface area contributed by atoms with Gasteiger partial charge in [-0.3, -0.25) is 4.90 Å². The molecule has 3 heteroatoms. The van der Waals surface area contributed by atoms with Crippen LogP contribution in [0.2, 0.25) is 0 Å². The van der Waals surface area contributed by atoms with Gasteiger partial charge >= 0.3 is 0 Å². The number of rotatable bonds is 4. The second kappa shape index (κ2) is 5.65. The molecule has 0 fully saturated rings. The Balaban J connectivity index is 1.93. The number of fused-ring (bicyclic) bond motifs is 1. The van der Waals surface area contributed by atoms with Crippen molar-refractivity contribution in [3.8, 4) is 0 Å². The zero-order valence-electron chi connectivity index (χ0n) is 10.1. The van der Waals surface area contributed by atoms with Crippen LogP contribution in [-0.2, 0) is 13.0 Å². The molecule has 0 saturated carbocycles. The van der Waals surface area contributed by atoms with E-state index in [2.05, 4.69) is 46.1 Å². The molecule has 0 aromatic carbocycles. The molecular weight excluding hydrogens is 282 g/mol. The van der Waals surface area contributed by atoms with Crippen molar-refractivity contribution in [1.29, 1.82) is 0 Å². The molecule has 90 valence electrons. The maximum Gasteiger partial charge on any atom is 0.0245 e. The summed E-state index contributed by atoms with van der Waals surface area (Å²) in [6.07, 6.45) is 1.25. The smallest absolute Gasteiger partial charge is 0.0245 e. The molecule has 1 atom stereocenters. The first-order valence-corrected chi connectivity index (χ1v) is 8.04. The van der Waals surface area contributed by atoms with Crippen molar-refractivity contribution in [2.45, 2.75) is 26.8 Å². The molecule has 0 saturated heterocycles. The Labute approximate surface area is 111 Å². The molecule has 1 aliphatic rings. The fourth-order valence-corrected chi connectivity index (χ4v) is 4.07. The van der Waals surface area contributed by atoms with Crippen LogP contribution in [0.15, 0.2) is 11.4 Å². The monoisotopic (exact) mass is 301 g/mol. The summed E-state index contributed by atoms with van der Waals surface area (Å²) < 4.78 is 0. The molecule has 0 aliphatic carbocycles. The minimum Gasteiger partial charge on any atom is -0.298 e. The summed E-state index contributed by atoms with van der Waals surface area (Å²) in [6.45, 7) is 8.29. The molecular formula is C13H20BrNS. The highest BCUT2D eigenvalue weighted by atomic mass is 79.9. The van der Waals surface area contributed by atoms with Gasteiger partial charge in [0.15, 0.2) is 0 Å². The molecule has 16 heavy (non-hydrogen) atoms. The van der Waals surface area contributed by atoms with Crippen molar-refractivity contribution in [2.24, 2.45) is 11.8 Å². The van der Waals surface area contributed by atoms with Crippen molar-refractivity contribution >= 4 is 27.3 Å². The van der Waals surface area contributed by atoms with Crippen LogP contribution in [0.5, 0.6) is 0 Å². The highest BCUT2D eigenvalue weighted by molar-refractivity contribution is 9.09. The van der Waals surface area contributed by atoms with E-state index in [0.717, 1.165) is 23.7 Å². The van der Waals surface area contributed by atoms with E-state index >= 15 is 0 Å². The fraction of sp³-hybridized carbons (Fsp3) is 0.692. The first-order valence-electron chi connectivity index (χ1n) is 6.04. The molecule has 1 nitrogen and oxygen atoms in total. The van der Waals surface area contributed by atoms with Crippen LogP contribution in [0.25, 0.3) is 0 Å². The molecule has 0 N–H and O–H groups in total. The van der Waals surface area contributed by atoms with Gasteiger partial charge in [-0.05, 0) is 35.3 Å². The highest BCUT2D eigenvalue weighted by Gasteiger charge is 2.21. The largest absolute Gasteiger partial charge is 0.298 e. The Hall–Kier alpha value is 0.140. The van der Waals surface area contributed by atoms with E-state index in [9.17, 15) is 0 Å². The number of alkyl halides is 1. The lowest BCUT2D eigenvalue weighted by Crippen LogP contribution is -2.36. The van der Waals surface area contributed by atoms with E-state index < -0.39 is 0 Å². The Morgan fingerprint density at radius 1 is 1.50 bits per heavy atom. The number of thiophene rings is 1. The maximum atomic E-state index is 3.64. The Bertz CT molecular complexity index is 334. The summed E-state index contributed by atoms with van der Waals surface area (Å²) in [7, 11) is 0.